The summed E-state index contributed by atoms with van der Waals surface area (Å²) in [6, 6.07) is 15.9. The van der Waals surface area contributed by atoms with E-state index in [9.17, 15) is 4.79 Å². The summed E-state index contributed by atoms with van der Waals surface area (Å²) in [6.45, 7) is 4.10. The number of hydrogen-bond acceptors (Lipinski definition) is 3. The number of guanidine groups is 1. The molecule has 0 saturated heterocycles. The Bertz CT molecular complexity index is 934. The second kappa shape index (κ2) is 6.50. The van der Waals surface area contributed by atoms with Crippen molar-refractivity contribution in [1.82, 2.24) is 10.3 Å². The Balaban J connectivity index is 2.17. The van der Waals surface area contributed by atoms with Gasteiger partial charge in [0.05, 0.1) is 16.9 Å². The molecule has 0 saturated carbocycles. The molecule has 0 fully saturated rings. The Labute approximate surface area is 140 Å². The molecule has 1 heterocycles. The minimum absolute atomic E-state index is 0.0757. The molecule has 0 spiro atoms. The van der Waals surface area contributed by atoms with E-state index in [0.717, 1.165) is 39.0 Å². The van der Waals surface area contributed by atoms with Crippen molar-refractivity contribution in [2.75, 3.05) is 5.32 Å². The van der Waals surface area contributed by atoms with Gasteiger partial charge in [0.15, 0.2) is 5.96 Å². The van der Waals surface area contributed by atoms with Crippen LogP contribution in [0.5, 0.6) is 0 Å². The smallest absolute Gasteiger partial charge is 0.213 e. The first kappa shape index (κ1) is 15.7. The molecule has 5 heteroatoms. The molecule has 120 valence electrons. The van der Waals surface area contributed by atoms with Crippen LogP contribution in [0, 0.1) is 19.3 Å². The summed E-state index contributed by atoms with van der Waals surface area (Å²) in [7, 11) is 0. The van der Waals surface area contributed by atoms with Gasteiger partial charge in [0, 0.05) is 10.9 Å². The van der Waals surface area contributed by atoms with Crippen LogP contribution in [-0.4, -0.2) is 17.4 Å². The van der Waals surface area contributed by atoms with Crippen molar-refractivity contribution in [2.24, 2.45) is 0 Å². The summed E-state index contributed by atoms with van der Waals surface area (Å²) in [5.74, 6) is -0.0757. The maximum absolute atomic E-state index is 10.5. The van der Waals surface area contributed by atoms with Gasteiger partial charge in [0.2, 0.25) is 6.41 Å². The van der Waals surface area contributed by atoms with Crippen molar-refractivity contribution in [3.63, 3.8) is 0 Å². The number of carbonyl (C=O) groups is 1. The van der Waals surface area contributed by atoms with Gasteiger partial charge in [0.25, 0.3) is 0 Å². The highest BCUT2D eigenvalue weighted by molar-refractivity contribution is 6.04. The van der Waals surface area contributed by atoms with Gasteiger partial charge in [-0.15, -0.1) is 0 Å². The lowest BCUT2D eigenvalue weighted by Crippen LogP contribution is -2.28. The van der Waals surface area contributed by atoms with E-state index in [-0.39, 0.29) is 5.96 Å². The summed E-state index contributed by atoms with van der Waals surface area (Å²) in [5.41, 5.74) is 5.74. The molecule has 0 aliphatic heterocycles. The number of anilines is 1. The highest BCUT2D eigenvalue weighted by Crippen LogP contribution is 2.30. The Kier molecular flexibility index (Phi) is 4.24. The third-order valence-corrected chi connectivity index (χ3v) is 3.85. The molecule has 0 unspecified atom stereocenters. The number of pyridine rings is 1. The predicted octanol–water partition coefficient (Wildman–Crippen LogP) is 3.61. The van der Waals surface area contributed by atoms with Gasteiger partial charge in [0.1, 0.15) is 0 Å². The zero-order valence-electron chi connectivity index (χ0n) is 13.6. The predicted molar refractivity (Wildman–Crippen MR) is 97.2 cm³/mol. The van der Waals surface area contributed by atoms with E-state index in [2.05, 4.69) is 35.8 Å². The van der Waals surface area contributed by atoms with Gasteiger partial charge in [-0.05, 0) is 37.6 Å². The number of carbonyl (C=O) groups excluding carboxylic acids is 1. The zero-order chi connectivity index (χ0) is 17.1. The maximum atomic E-state index is 10.5. The lowest BCUT2D eigenvalue weighted by Gasteiger charge is -2.13. The Morgan fingerprint density at radius 3 is 2.71 bits per heavy atom. The van der Waals surface area contributed by atoms with Crippen molar-refractivity contribution >= 4 is 29.0 Å². The van der Waals surface area contributed by atoms with Crippen LogP contribution in [0.1, 0.15) is 11.1 Å². The summed E-state index contributed by atoms with van der Waals surface area (Å²) in [5, 5.41) is 13.9. The summed E-state index contributed by atoms with van der Waals surface area (Å²) in [4.78, 5) is 15.3. The van der Waals surface area contributed by atoms with E-state index in [4.69, 9.17) is 10.4 Å². The normalized spacial score (nSPS) is 10.4. The fourth-order valence-electron chi connectivity index (χ4n) is 2.66. The lowest BCUT2D eigenvalue weighted by atomic mass is 10.0. The molecule has 0 aliphatic carbocycles. The van der Waals surface area contributed by atoms with E-state index < -0.39 is 0 Å². The van der Waals surface area contributed by atoms with Crippen LogP contribution in [0.2, 0.25) is 0 Å². The van der Waals surface area contributed by atoms with Crippen molar-refractivity contribution in [2.45, 2.75) is 13.8 Å². The van der Waals surface area contributed by atoms with Crippen LogP contribution < -0.4 is 10.6 Å². The molecular weight excluding hydrogens is 300 g/mol. The van der Waals surface area contributed by atoms with Gasteiger partial charge in [-0.1, -0.05) is 35.9 Å². The fraction of sp³-hybridized carbons (Fsp3) is 0.105. The van der Waals surface area contributed by atoms with E-state index in [1.807, 2.05) is 37.3 Å². The molecule has 3 rings (SSSR count). The minimum atomic E-state index is -0.0757. The highest BCUT2D eigenvalue weighted by Gasteiger charge is 2.10. The monoisotopic (exact) mass is 318 g/mol. The first-order valence-electron chi connectivity index (χ1n) is 7.61. The quantitative estimate of drug-likeness (QED) is 0.392. The lowest BCUT2D eigenvalue weighted by molar-refractivity contribution is -0.108. The topological polar surface area (TPSA) is 77.9 Å². The highest BCUT2D eigenvalue weighted by atomic mass is 16.1. The van der Waals surface area contributed by atoms with Crippen molar-refractivity contribution in [3.05, 3.63) is 59.7 Å². The van der Waals surface area contributed by atoms with Crippen molar-refractivity contribution in [3.8, 4) is 11.3 Å². The average Bonchev–Trinajstić information content (AvgIpc) is 2.57. The average molecular weight is 318 g/mol. The van der Waals surface area contributed by atoms with Gasteiger partial charge in [-0.2, -0.15) is 0 Å². The molecule has 5 nitrogen and oxygen atoms in total. The second-order valence-electron chi connectivity index (χ2n) is 5.65. The number of aromatic nitrogens is 1. The number of aryl methyl sites for hydroxylation is 2. The fourth-order valence-corrected chi connectivity index (χ4v) is 2.66. The largest absolute Gasteiger partial charge is 0.325 e. The van der Waals surface area contributed by atoms with Gasteiger partial charge >= 0.3 is 0 Å². The van der Waals surface area contributed by atoms with Crippen molar-refractivity contribution < 1.29 is 4.79 Å². The van der Waals surface area contributed by atoms with E-state index in [1.54, 1.807) is 0 Å². The summed E-state index contributed by atoms with van der Waals surface area (Å²) < 4.78 is 0. The maximum Gasteiger partial charge on any atom is 0.213 e. The summed E-state index contributed by atoms with van der Waals surface area (Å²) >= 11 is 0. The molecule has 1 amide bonds. The van der Waals surface area contributed by atoms with Crippen molar-refractivity contribution in [1.29, 1.82) is 5.41 Å². The number of hydrogen-bond donors (Lipinski definition) is 3. The Morgan fingerprint density at radius 2 is 1.92 bits per heavy atom. The molecule has 0 atom stereocenters. The number of para-hydroxylation sites is 1. The number of fused-ring (bicyclic) bond motifs is 1. The molecule has 0 bridgehead atoms. The number of nitrogens with zero attached hydrogens (tertiary/aromatic N) is 1. The van der Waals surface area contributed by atoms with Gasteiger partial charge in [-0.3, -0.25) is 15.5 Å². The summed E-state index contributed by atoms with van der Waals surface area (Å²) in [6.07, 6.45) is 0.477. The number of rotatable bonds is 3. The zero-order valence-corrected chi connectivity index (χ0v) is 13.6. The van der Waals surface area contributed by atoms with Crippen LogP contribution in [0.3, 0.4) is 0 Å². The number of benzene rings is 2. The first-order chi connectivity index (χ1) is 11.6. The molecule has 0 radical (unpaired) electrons. The van der Waals surface area contributed by atoms with E-state index in [1.165, 1.54) is 0 Å². The van der Waals surface area contributed by atoms with E-state index >= 15 is 0 Å². The molecule has 2 aromatic carbocycles. The number of amides is 1. The van der Waals surface area contributed by atoms with Crippen LogP contribution in [0.25, 0.3) is 22.2 Å². The molecular formula is C19H18N4O. The Hall–Kier alpha value is -3.21. The molecule has 3 aromatic rings. The third kappa shape index (κ3) is 3.10. The van der Waals surface area contributed by atoms with Crippen LogP contribution in [0.15, 0.2) is 48.5 Å². The van der Waals surface area contributed by atoms with Crippen LogP contribution in [-0.2, 0) is 4.79 Å². The SMILES string of the molecule is Cc1ccc(C)c(-c2cc(NC(=N)NC=O)c3ccccc3n2)c1. The van der Waals surface area contributed by atoms with Crippen LogP contribution in [0.4, 0.5) is 5.69 Å². The Morgan fingerprint density at radius 1 is 1.12 bits per heavy atom. The van der Waals surface area contributed by atoms with Gasteiger partial charge in [-0.25, -0.2) is 4.98 Å². The minimum Gasteiger partial charge on any atom is -0.325 e. The molecule has 24 heavy (non-hydrogen) atoms. The first-order valence-corrected chi connectivity index (χ1v) is 7.61. The molecule has 3 N–H and O–H groups in total. The third-order valence-electron chi connectivity index (χ3n) is 3.85. The standard InChI is InChI=1S/C19H18N4O/c1-12-7-8-13(2)15(9-12)18-10-17(23-19(20)21-11-24)14-5-3-4-6-16(14)22-18/h3-11H,1-2H3,(H3,20,21,22,23,24). The van der Waals surface area contributed by atoms with Gasteiger partial charge < -0.3 is 5.32 Å². The number of nitrogens with one attached hydrogen (secondary N) is 3. The molecule has 1 aromatic heterocycles. The van der Waals surface area contributed by atoms with Crippen LogP contribution >= 0.6 is 0 Å². The van der Waals surface area contributed by atoms with E-state index in [0.29, 0.717) is 6.41 Å². The molecule has 0 aliphatic rings. The second-order valence-corrected chi connectivity index (χ2v) is 5.65.